The van der Waals surface area contributed by atoms with Gasteiger partial charge in [-0.3, -0.25) is 0 Å². The molecule has 0 fully saturated rings. The largest absolute Gasteiger partial charge is 0.493 e. The van der Waals surface area contributed by atoms with E-state index in [1.54, 1.807) is 13.2 Å². The highest BCUT2D eigenvalue weighted by molar-refractivity contribution is 5.39. The van der Waals surface area contributed by atoms with E-state index in [4.69, 9.17) is 14.2 Å². The Morgan fingerprint density at radius 2 is 1.79 bits per heavy atom. The summed E-state index contributed by atoms with van der Waals surface area (Å²) >= 11 is 0. The van der Waals surface area contributed by atoms with Gasteiger partial charge in [-0.2, -0.15) is 0 Å². The van der Waals surface area contributed by atoms with Crippen LogP contribution in [0.2, 0.25) is 0 Å². The standard InChI is InChI=1S/C20H24N4O4/c1-26-17-6-2-3-7-18(17)27-13-10-21-14-16(25)15-28-20-9-8-19(22-23-20)24-11-4-5-12-24/h2-9,11-12,16,21,25H,10,13-15H2,1H3. The molecule has 0 saturated heterocycles. The molecule has 0 aliphatic heterocycles. The third kappa shape index (κ3) is 5.70. The average Bonchev–Trinajstić information content (AvgIpc) is 3.27. The summed E-state index contributed by atoms with van der Waals surface area (Å²) in [4.78, 5) is 0. The highest BCUT2D eigenvalue weighted by atomic mass is 16.5. The second-order valence-electron chi connectivity index (χ2n) is 5.99. The van der Waals surface area contributed by atoms with E-state index in [-0.39, 0.29) is 6.61 Å². The van der Waals surface area contributed by atoms with Crippen molar-refractivity contribution >= 4 is 0 Å². The molecular formula is C20H24N4O4. The molecule has 2 aromatic heterocycles. The summed E-state index contributed by atoms with van der Waals surface area (Å²) in [5.41, 5.74) is 0. The molecule has 0 aliphatic rings. The molecule has 148 valence electrons. The van der Waals surface area contributed by atoms with Gasteiger partial charge < -0.3 is 29.2 Å². The maximum absolute atomic E-state index is 10.0. The monoisotopic (exact) mass is 384 g/mol. The van der Waals surface area contributed by atoms with Crippen LogP contribution in [0, 0.1) is 0 Å². The molecule has 8 nitrogen and oxygen atoms in total. The number of aromatic nitrogens is 3. The molecule has 2 heterocycles. The van der Waals surface area contributed by atoms with Crippen LogP contribution in [-0.4, -0.2) is 59.4 Å². The van der Waals surface area contributed by atoms with Crippen LogP contribution in [0.5, 0.6) is 17.4 Å². The predicted octanol–water partition coefficient (Wildman–Crippen LogP) is 1.68. The van der Waals surface area contributed by atoms with Gasteiger partial charge in [0.25, 0.3) is 0 Å². The van der Waals surface area contributed by atoms with E-state index in [1.807, 2.05) is 59.4 Å². The van der Waals surface area contributed by atoms with Gasteiger partial charge in [-0.15, -0.1) is 10.2 Å². The van der Waals surface area contributed by atoms with Crippen molar-refractivity contribution in [1.29, 1.82) is 0 Å². The Hall–Kier alpha value is -3.10. The van der Waals surface area contributed by atoms with Crippen LogP contribution in [0.4, 0.5) is 0 Å². The number of ether oxygens (including phenoxy) is 3. The van der Waals surface area contributed by atoms with E-state index in [1.165, 1.54) is 0 Å². The van der Waals surface area contributed by atoms with E-state index in [0.29, 0.717) is 42.9 Å². The first-order valence-corrected chi connectivity index (χ1v) is 9.01. The fourth-order valence-electron chi connectivity index (χ4n) is 2.50. The number of aliphatic hydroxyl groups excluding tert-OH is 1. The molecule has 2 N–H and O–H groups in total. The van der Waals surface area contributed by atoms with Gasteiger partial charge in [-0.1, -0.05) is 12.1 Å². The minimum Gasteiger partial charge on any atom is -0.493 e. The van der Waals surface area contributed by atoms with Crippen LogP contribution in [0.3, 0.4) is 0 Å². The Labute approximate surface area is 163 Å². The van der Waals surface area contributed by atoms with Crippen LogP contribution in [0.25, 0.3) is 5.82 Å². The zero-order valence-electron chi connectivity index (χ0n) is 15.7. The second-order valence-corrected chi connectivity index (χ2v) is 5.99. The van der Waals surface area contributed by atoms with Crippen molar-refractivity contribution in [1.82, 2.24) is 20.1 Å². The van der Waals surface area contributed by atoms with Gasteiger partial charge in [0, 0.05) is 31.5 Å². The molecule has 0 aliphatic carbocycles. The van der Waals surface area contributed by atoms with Gasteiger partial charge in [0.1, 0.15) is 19.3 Å². The molecule has 0 bridgehead atoms. The number of aliphatic hydroxyl groups is 1. The third-order valence-corrected chi connectivity index (χ3v) is 3.90. The fraction of sp³-hybridized carbons (Fsp3) is 0.300. The van der Waals surface area contributed by atoms with Gasteiger partial charge in [0.05, 0.1) is 7.11 Å². The molecule has 1 unspecified atom stereocenters. The highest BCUT2D eigenvalue weighted by Gasteiger charge is 2.07. The number of benzene rings is 1. The topological polar surface area (TPSA) is 90.7 Å². The Bertz CT molecular complexity index is 824. The van der Waals surface area contributed by atoms with E-state index in [2.05, 4.69) is 15.5 Å². The smallest absolute Gasteiger partial charge is 0.233 e. The molecule has 0 spiro atoms. The molecule has 1 atom stereocenters. The van der Waals surface area contributed by atoms with Crippen LogP contribution in [0.15, 0.2) is 60.9 Å². The summed E-state index contributed by atoms with van der Waals surface area (Å²) in [5, 5.41) is 21.2. The molecule has 3 aromatic rings. The minimum absolute atomic E-state index is 0.123. The molecule has 1 aromatic carbocycles. The van der Waals surface area contributed by atoms with Crippen LogP contribution < -0.4 is 19.5 Å². The second kappa shape index (κ2) is 10.3. The average molecular weight is 384 g/mol. The molecule has 8 heteroatoms. The zero-order valence-corrected chi connectivity index (χ0v) is 15.7. The van der Waals surface area contributed by atoms with Crippen molar-refractivity contribution in [2.75, 3.05) is 33.4 Å². The lowest BCUT2D eigenvalue weighted by Gasteiger charge is -2.14. The number of nitrogens with zero attached hydrogens (tertiary/aromatic N) is 3. The summed E-state index contributed by atoms with van der Waals surface area (Å²) < 4.78 is 18.2. The van der Waals surface area contributed by atoms with Gasteiger partial charge in [-0.25, -0.2) is 0 Å². The van der Waals surface area contributed by atoms with Crippen molar-refractivity contribution in [3.05, 3.63) is 60.9 Å². The summed E-state index contributed by atoms with van der Waals surface area (Å²) in [7, 11) is 1.61. The predicted molar refractivity (Wildman–Crippen MR) is 104 cm³/mol. The number of rotatable bonds is 11. The van der Waals surface area contributed by atoms with Gasteiger partial charge in [0.15, 0.2) is 17.3 Å². The number of methoxy groups -OCH3 is 1. The van der Waals surface area contributed by atoms with Crippen LogP contribution >= 0.6 is 0 Å². The maximum atomic E-state index is 10.0. The van der Waals surface area contributed by atoms with Crippen molar-refractivity contribution in [3.63, 3.8) is 0 Å². The highest BCUT2D eigenvalue weighted by Crippen LogP contribution is 2.25. The summed E-state index contributed by atoms with van der Waals surface area (Å²) in [6, 6.07) is 14.8. The molecule has 0 amide bonds. The quantitative estimate of drug-likeness (QED) is 0.486. The third-order valence-electron chi connectivity index (χ3n) is 3.90. The first-order chi connectivity index (χ1) is 13.8. The molecule has 3 rings (SSSR count). The maximum Gasteiger partial charge on any atom is 0.233 e. The number of hydrogen-bond donors (Lipinski definition) is 2. The number of para-hydroxylation sites is 2. The molecule has 28 heavy (non-hydrogen) atoms. The SMILES string of the molecule is COc1ccccc1OCCNCC(O)COc1ccc(-n2cccc2)nn1. The Kier molecular flexibility index (Phi) is 7.22. The van der Waals surface area contributed by atoms with Crippen molar-refractivity contribution in [2.45, 2.75) is 6.10 Å². The summed E-state index contributed by atoms with van der Waals surface area (Å²) in [5.74, 6) is 2.46. The van der Waals surface area contributed by atoms with Gasteiger partial charge in [-0.05, 0) is 30.3 Å². The zero-order chi connectivity index (χ0) is 19.6. The lowest BCUT2D eigenvalue weighted by molar-refractivity contribution is 0.102. The fourth-order valence-corrected chi connectivity index (χ4v) is 2.50. The summed E-state index contributed by atoms with van der Waals surface area (Å²) in [6.07, 6.45) is 3.10. The van der Waals surface area contributed by atoms with E-state index in [0.717, 1.165) is 0 Å². The van der Waals surface area contributed by atoms with Crippen molar-refractivity contribution in [2.24, 2.45) is 0 Å². The number of hydrogen-bond acceptors (Lipinski definition) is 7. The Morgan fingerprint density at radius 3 is 2.50 bits per heavy atom. The van der Waals surface area contributed by atoms with Gasteiger partial charge in [0.2, 0.25) is 5.88 Å². The Balaban J connectivity index is 1.32. The molecule has 0 saturated carbocycles. The normalized spacial score (nSPS) is 11.8. The van der Waals surface area contributed by atoms with E-state index >= 15 is 0 Å². The molecular weight excluding hydrogens is 360 g/mol. The first kappa shape index (κ1) is 19.7. The lowest BCUT2D eigenvalue weighted by atomic mass is 10.3. The minimum atomic E-state index is -0.669. The number of nitrogens with one attached hydrogen (secondary N) is 1. The Morgan fingerprint density at radius 1 is 1.00 bits per heavy atom. The van der Waals surface area contributed by atoms with E-state index < -0.39 is 6.10 Å². The van der Waals surface area contributed by atoms with Crippen molar-refractivity contribution < 1.29 is 19.3 Å². The summed E-state index contributed by atoms with van der Waals surface area (Å²) in [6.45, 7) is 1.54. The van der Waals surface area contributed by atoms with Crippen molar-refractivity contribution in [3.8, 4) is 23.2 Å². The van der Waals surface area contributed by atoms with Crippen LogP contribution in [0.1, 0.15) is 0 Å². The van der Waals surface area contributed by atoms with E-state index in [9.17, 15) is 5.11 Å². The first-order valence-electron chi connectivity index (χ1n) is 9.01. The lowest BCUT2D eigenvalue weighted by Crippen LogP contribution is -2.33. The van der Waals surface area contributed by atoms with Crippen LogP contribution in [-0.2, 0) is 0 Å². The van der Waals surface area contributed by atoms with Gasteiger partial charge >= 0.3 is 0 Å². The molecule has 0 radical (unpaired) electrons.